The molecule has 1 aliphatic rings. The molecule has 0 amide bonds. The summed E-state index contributed by atoms with van der Waals surface area (Å²) >= 11 is 0. The number of rotatable bonds is 8. The van der Waals surface area contributed by atoms with Gasteiger partial charge in [0.2, 0.25) is 0 Å². The number of para-hydroxylation sites is 2. The van der Waals surface area contributed by atoms with E-state index in [1.165, 1.54) is 27.5 Å². The van der Waals surface area contributed by atoms with Crippen LogP contribution in [-0.2, 0) is 11.8 Å². The van der Waals surface area contributed by atoms with Crippen molar-refractivity contribution in [1.82, 2.24) is 0 Å². The lowest BCUT2D eigenvalue weighted by molar-refractivity contribution is 0.435. The van der Waals surface area contributed by atoms with Crippen molar-refractivity contribution in [3.05, 3.63) is 222 Å². The second kappa shape index (κ2) is 13.2. The second-order valence-corrected chi connectivity index (χ2v) is 12.4. The summed E-state index contributed by atoms with van der Waals surface area (Å²) in [6.07, 6.45) is 9.29. The van der Waals surface area contributed by atoms with E-state index in [1.807, 2.05) is 13.0 Å². The molecule has 0 fully saturated rings. The Hall–Kier alpha value is -6.12. The van der Waals surface area contributed by atoms with Gasteiger partial charge in [-0.2, -0.15) is 0 Å². The first-order valence-electron chi connectivity index (χ1n) is 16.9. The van der Waals surface area contributed by atoms with E-state index in [0.29, 0.717) is 0 Å². The van der Waals surface area contributed by atoms with Gasteiger partial charge >= 0.3 is 0 Å². The minimum atomic E-state index is -0.596. The molecule has 0 saturated carbocycles. The molecule has 2 heteroatoms. The maximum atomic E-state index is 7.06. The van der Waals surface area contributed by atoms with Crippen LogP contribution in [-0.4, -0.2) is 0 Å². The minimum Gasteiger partial charge on any atom is -0.454 e. The van der Waals surface area contributed by atoms with Gasteiger partial charge in [-0.15, -0.1) is 0 Å². The Balaban J connectivity index is 1.38. The van der Waals surface area contributed by atoms with Gasteiger partial charge in [0, 0.05) is 22.5 Å². The maximum Gasteiger partial charge on any atom is 0.156 e. The number of anilines is 3. The maximum absolute atomic E-state index is 7.06. The van der Waals surface area contributed by atoms with Crippen LogP contribution in [0.2, 0.25) is 0 Å². The van der Waals surface area contributed by atoms with Crippen LogP contribution in [0.1, 0.15) is 34.7 Å². The third kappa shape index (κ3) is 5.42. The Bertz CT molecular complexity index is 2240. The van der Waals surface area contributed by atoms with Crippen molar-refractivity contribution >= 4 is 27.8 Å². The predicted molar refractivity (Wildman–Crippen MR) is 205 cm³/mol. The minimum absolute atomic E-state index is 0.596. The van der Waals surface area contributed by atoms with Crippen molar-refractivity contribution in [3.63, 3.8) is 0 Å². The average molecular weight is 632 g/mol. The molecule has 1 aliphatic heterocycles. The normalized spacial score (nSPS) is 13.2. The molecule has 0 radical (unpaired) electrons. The first-order valence-corrected chi connectivity index (χ1v) is 16.9. The lowest BCUT2D eigenvalue weighted by Crippen LogP contribution is -2.34. The topological polar surface area (TPSA) is 12.5 Å². The van der Waals surface area contributed by atoms with Crippen LogP contribution in [0, 0.1) is 0 Å². The summed E-state index contributed by atoms with van der Waals surface area (Å²) in [6.45, 7) is 2.04. The fourth-order valence-corrected chi connectivity index (χ4v) is 7.31. The van der Waals surface area contributed by atoms with E-state index >= 15 is 0 Å². The first kappa shape index (κ1) is 30.2. The van der Waals surface area contributed by atoms with Gasteiger partial charge in [-0.1, -0.05) is 158 Å². The molecule has 0 saturated heterocycles. The molecule has 0 aliphatic carbocycles. The SMILES string of the molecule is C/C=C\C=C/Cc1ccc(N(c2ccc3ccccc3c2)c2cccc3c2Oc2ccccc2C3(c2ccccc2)c2ccccc2)cc1. The van der Waals surface area contributed by atoms with Crippen molar-refractivity contribution in [2.75, 3.05) is 4.90 Å². The number of nitrogens with zero attached hydrogens (tertiary/aromatic N) is 1. The Morgan fingerprint density at radius 2 is 1.18 bits per heavy atom. The number of allylic oxidation sites excluding steroid dienone is 4. The summed E-state index contributed by atoms with van der Waals surface area (Å²) in [5.41, 5.74) is 8.42. The van der Waals surface area contributed by atoms with Gasteiger partial charge in [0.1, 0.15) is 5.75 Å². The van der Waals surface area contributed by atoms with Crippen LogP contribution in [0.5, 0.6) is 11.5 Å². The molecule has 0 N–H and O–H groups in total. The molecule has 0 aromatic heterocycles. The van der Waals surface area contributed by atoms with Crippen LogP contribution in [0.15, 0.2) is 194 Å². The molecule has 236 valence electrons. The number of benzene rings is 7. The van der Waals surface area contributed by atoms with Crippen molar-refractivity contribution in [2.45, 2.75) is 18.8 Å². The summed E-state index contributed by atoms with van der Waals surface area (Å²) in [4.78, 5) is 2.35. The Morgan fingerprint density at radius 3 is 1.92 bits per heavy atom. The zero-order valence-electron chi connectivity index (χ0n) is 27.5. The fraction of sp³-hybridized carbons (Fsp3) is 0.0638. The predicted octanol–water partition coefficient (Wildman–Crippen LogP) is 12.5. The van der Waals surface area contributed by atoms with Gasteiger partial charge in [0.15, 0.2) is 5.75 Å². The van der Waals surface area contributed by atoms with E-state index in [-0.39, 0.29) is 0 Å². The number of ether oxygens (including phenoxy) is 1. The van der Waals surface area contributed by atoms with E-state index in [9.17, 15) is 0 Å². The first-order chi connectivity index (χ1) is 24.3. The Morgan fingerprint density at radius 1 is 0.551 bits per heavy atom. The summed E-state index contributed by atoms with van der Waals surface area (Å²) in [5.74, 6) is 1.71. The van der Waals surface area contributed by atoms with Gasteiger partial charge in [-0.05, 0) is 77.2 Å². The lowest BCUT2D eigenvalue weighted by atomic mass is 9.63. The smallest absolute Gasteiger partial charge is 0.156 e. The monoisotopic (exact) mass is 631 g/mol. The van der Waals surface area contributed by atoms with Crippen LogP contribution in [0.25, 0.3) is 10.8 Å². The average Bonchev–Trinajstić information content (AvgIpc) is 3.17. The van der Waals surface area contributed by atoms with Gasteiger partial charge in [-0.25, -0.2) is 0 Å². The Kier molecular flexibility index (Phi) is 8.13. The summed E-state index contributed by atoms with van der Waals surface area (Å²) in [5, 5.41) is 2.40. The lowest BCUT2D eigenvalue weighted by Gasteiger charge is -2.43. The van der Waals surface area contributed by atoms with Gasteiger partial charge in [-0.3, -0.25) is 0 Å². The van der Waals surface area contributed by atoms with Gasteiger partial charge in [0.25, 0.3) is 0 Å². The highest BCUT2D eigenvalue weighted by Crippen LogP contribution is 2.58. The largest absolute Gasteiger partial charge is 0.454 e. The van der Waals surface area contributed by atoms with Gasteiger partial charge < -0.3 is 9.64 Å². The molecule has 7 aromatic carbocycles. The molecule has 0 spiro atoms. The molecule has 0 bridgehead atoms. The highest BCUT2D eigenvalue weighted by atomic mass is 16.5. The van der Waals surface area contributed by atoms with E-state index in [4.69, 9.17) is 4.74 Å². The standard InChI is InChI=1S/C47H37NO/c1-2-3-4-7-17-35-28-31-40(32-29-35)48(41-33-30-36-18-12-13-19-37(36)34-41)44-26-16-25-43-46(44)49-45-27-15-14-24-42(45)47(43,38-20-8-5-9-21-38)39-22-10-6-11-23-39/h2-16,18-34H,17H2,1H3/b3-2-,7-4-. The zero-order chi connectivity index (χ0) is 33.0. The summed E-state index contributed by atoms with van der Waals surface area (Å²) < 4.78 is 7.06. The molecule has 8 rings (SSSR count). The molecule has 0 atom stereocenters. The molecule has 0 unspecified atom stereocenters. The molecule has 1 heterocycles. The Labute approximate surface area is 288 Å². The highest BCUT2D eigenvalue weighted by Gasteiger charge is 2.46. The quantitative estimate of drug-likeness (QED) is 0.155. The van der Waals surface area contributed by atoms with E-state index in [2.05, 4.69) is 193 Å². The van der Waals surface area contributed by atoms with Crippen molar-refractivity contribution < 1.29 is 4.74 Å². The summed E-state index contributed by atoms with van der Waals surface area (Å²) in [6, 6.07) is 61.0. The second-order valence-electron chi connectivity index (χ2n) is 12.4. The van der Waals surface area contributed by atoms with E-state index in [0.717, 1.165) is 46.1 Å². The molecular formula is C47H37NO. The van der Waals surface area contributed by atoms with Crippen molar-refractivity contribution in [3.8, 4) is 11.5 Å². The molecule has 7 aromatic rings. The number of hydrogen-bond donors (Lipinski definition) is 0. The number of fused-ring (bicyclic) bond motifs is 3. The zero-order valence-corrected chi connectivity index (χ0v) is 27.5. The van der Waals surface area contributed by atoms with Gasteiger partial charge in [0.05, 0.1) is 11.1 Å². The summed E-state index contributed by atoms with van der Waals surface area (Å²) in [7, 11) is 0. The highest BCUT2D eigenvalue weighted by molar-refractivity contribution is 5.91. The number of hydrogen-bond acceptors (Lipinski definition) is 2. The van der Waals surface area contributed by atoms with Crippen LogP contribution in [0.4, 0.5) is 17.1 Å². The van der Waals surface area contributed by atoms with E-state index in [1.54, 1.807) is 0 Å². The third-order valence-corrected chi connectivity index (χ3v) is 9.53. The van der Waals surface area contributed by atoms with E-state index < -0.39 is 5.41 Å². The van der Waals surface area contributed by atoms with Crippen LogP contribution in [0.3, 0.4) is 0 Å². The molecule has 49 heavy (non-hydrogen) atoms. The molecular weight excluding hydrogens is 595 g/mol. The fourth-order valence-electron chi connectivity index (χ4n) is 7.31. The van der Waals surface area contributed by atoms with Crippen LogP contribution < -0.4 is 9.64 Å². The third-order valence-electron chi connectivity index (χ3n) is 9.53. The van der Waals surface area contributed by atoms with Crippen LogP contribution >= 0.6 is 0 Å². The van der Waals surface area contributed by atoms with Crippen molar-refractivity contribution in [1.29, 1.82) is 0 Å². The molecule has 2 nitrogen and oxygen atoms in total. The van der Waals surface area contributed by atoms with Crippen molar-refractivity contribution in [2.24, 2.45) is 0 Å².